The molecular weight excluding hydrogens is 322 g/mol. The smallest absolute Gasteiger partial charge is 0.255 e. The fourth-order valence-corrected chi connectivity index (χ4v) is 3.12. The van der Waals surface area contributed by atoms with E-state index in [2.05, 4.69) is 26.3 Å². The van der Waals surface area contributed by atoms with Crippen molar-refractivity contribution in [2.24, 2.45) is 5.92 Å². The largest absolute Gasteiger partial charge is 0.394 e. The highest BCUT2D eigenvalue weighted by Gasteiger charge is 2.29. The molecule has 0 unspecified atom stereocenters. The average Bonchev–Trinajstić information content (AvgIpc) is 2.81. The predicted octanol–water partition coefficient (Wildman–Crippen LogP) is 1.99. The first-order chi connectivity index (χ1) is 9.70. The average molecular weight is 338 g/mol. The van der Waals surface area contributed by atoms with Crippen LogP contribution in [0.25, 0.3) is 5.52 Å². The monoisotopic (exact) mass is 337 g/mol. The summed E-state index contributed by atoms with van der Waals surface area (Å²) in [6.07, 6.45) is 6.68. The Morgan fingerprint density at radius 2 is 2.40 bits per heavy atom. The van der Waals surface area contributed by atoms with Crippen LogP contribution in [-0.2, 0) is 0 Å². The summed E-state index contributed by atoms with van der Waals surface area (Å²) in [6.45, 7) is -0.0171. The molecule has 106 valence electrons. The first kappa shape index (κ1) is 13.6. The number of rotatable bonds is 4. The van der Waals surface area contributed by atoms with Crippen LogP contribution < -0.4 is 5.32 Å². The number of hydrogen-bond donors (Lipinski definition) is 2. The Morgan fingerprint density at radius 3 is 3.05 bits per heavy atom. The molecule has 20 heavy (non-hydrogen) atoms. The van der Waals surface area contributed by atoms with Crippen molar-refractivity contribution in [2.75, 3.05) is 6.61 Å². The molecule has 1 saturated carbocycles. The number of nitrogens with one attached hydrogen (secondary N) is 1. The van der Waals surface area contributed by atoms with Crippen LogP contribution in [0.15, 0.2) is 29.0 Å². The number of fused-ring (bicyclic) bond motifs is 1. The standard InChI is InChI=1S/C14H16BrN3O2/c15-11-5-2-6-18-13(11)10(7-16-18)14(20)17-12(8-19)9-3-1-4-9/h2,5-7,9,12,19H,1,3-4,8H2,(H,17,20)/t12-/m0/s1. The number of aromatic nitrogens is 2. The van der Waals surface area contributed by atoms with Gasteiger partial charge in [-0.3, -0.25) is 4.79 Å². The van der Waals surface area contributed by atoms with Gasteiger partial charge in [-0.2, -0.15) is 5.10 Å². The molecule has 2 aromatic heterocycles. The van der Waals surface area contributed by atoms with E-state index in [1.807, 2.05) is 12.1 Å². The number of pyridine rings is 1. The second-order valence-corrected chi connectivity index (χ2v) is 6.02. The van der Waals surface area contributed by atoms with Gasteiger partial charge in [0.05, 0.1) is 29.9 Å². The summed E-state index contributed by atoms with van der Waals surface area (Å²) in [7, 11) is 0. The molecule has 2 heterocycles. The summed E-state index contributed by atoms with van der Waals surface area (Å²) in [6, 6.07) is 3.58. The maximum atomic E-state index is 12.4. The molecule has 6 heteroatoms. The number of carbonyl (C=O) groups excluding carboxylic acids is 1. The lowest BCUT2D eigenvalue weighted by Crippen LogP contribution is -2.45. The number of carbonyl (C=O) groups is 1. The van der Waals surface area contributed by atoms with Crippen molar-refractivity contribution in [3.8, 4) is 0 Å². The Balaban J connectivity index is 1.85. The molecule has 1 aliphatic carbocycles. The van der Waals surface area contributed by atoms with Gasteiger partial charge in [-0.15, -0.1) is 0 Å². The molecule has 2 aromatic rings. The van der Waals surface area contributed by atoms with Gasteiger partial charge in [0.1, 0.15) is 0 Å². The number of aliphatic hydroxyl groups is 1. The number of amides is 1. The molecule has 1 aliphatic rings. The quantitative estimate of drug-likeness (QED) is 0.896. The molecule has 0 saturated heterocycles. The molecule has 1 atom stereocenters. The predicted molar refractivity (Wildman–Crippen MR) is 78.6 cm³/mol. The van der Waals surface area contributed by atoms with Gasteiger partial charge in [0, 0.05) is 10.7 Å². The Labute approximate surface area is 125 Å². The highest BCUT2D eigenvalue weighted by molar-refractivity contribution is 9.10. The summed E-state index contributed by atoms with van der Waals surface area (Å²) < 4.78 is 2.49. The fourth-order valence-electron chi connectivity index (χ4n) is 2.57. The number of nitrogens with zero attached hydrogens (tertiary/aromatic N) is 2. The van der Waals surface area contributed by atoms with Crippen LogP contribution in [0, 0.1) is 5.92 Å². The highest BCUT2D eigenvalue weighted by atomic mass is 79.9. The molecule has 0 spiro atoms. The highest BCUT2D eigenvalue weighted by Crippen LogP contribution is 2.30. The fraction of sp³-hybridized carbons (Fsp3) is 0.429. The van der Waals surface area contributed by atoms with Gasteiger partial charge in [-0.05, 0) is 46.8 Å². The molecule has 1 amide bonds. The summed E-state index contributed by atoms with van der Waals surface area (Å²) >= 11 is 3.44. The van der Waals surface area contributed by atoms with Gasteiger partial charge in [-0.25, -0.2) is 4.52 Å². The van der Waals surface area contributed by atoms with Gasteiger partial charge in [0.2, 0.25) is 0 Å². The molecule has 1 fully saturated rings. The lowest BCUT2D eigenvalue weighted by molar-refractivity contribution is 0.0847. The van der Waals surface area contributed by atoms with Crippen molar-refractivity contribution in [3.63, 3.8) is 0 Å². The molecule has 0 aliphatic heterocycles. The normalized spacial score (nSPS) is 16.9. The minimum absolute atomic E-state index is 0.0171. The molecule has 0 bridgehead atoms. The number of hydrogen-bond acceptors (Lipinski definition) is 3. The number of aliphatic hydroxyl groups excluding tert-OH is 1. The van der Waals surface area contributed by atoms with E-state index in [9.17, 15) is 9.90 Å². The van der Waals surface area contributed by atoms with Crippen molar-refractivity contribution >= 4 is 27.4 Å². The third kappa shape index (κ3) is 2.33. The third-order valence-corrected chi connectivity index (χ3v) is 4.61. The second kappa shape index (κ2) is 5.54. The van der Waals surface area contributed by atoms with E-state index in [1.54, 1.807) is 16.9 Å². The summed E-state index contributed by atoms with van der Waals surface area (Å²) in [5, 5.41) is 16.5. The topological polar surface area (TPSA) is 66.6 Å². The maximum absolute atomic E-state index is 12.4. The van der Waals surface area contributed by atoms with Crippen LogP contribution in [0.5, 0.6) is 0 Å². The van der Waals surface area contributed by atoms with Crippen molar-refractivity contribution in [1.29, 1.82) is 0 Å². The van der Waals surface area contributed by atoms with Crippen molar-refractivity contribution in [3.05, 3.63) is 34.6 Å². The first-order valence-corrected chi connectivity index (χ1v) is 7.53. The summed E-state index contributed by atoms with van der Waals surface area (Å²) in [5.41, 5.74) is 1.27. The van der Waals surface area contributed by atoms with Crippen LogP contribution in [0.2, 0.25) is 0 Å². The Hall–Kier alpha value is -1.40. The van der Waals surface area contributed by atoms with Crippen LogP contribution in [0.3, 0.4) is 0 Å². The van der Waals surface area contributed by atoms with Gasteiger partial charge < -0.3 is 10.4 Å². The van der Waals surface area contributed by atoms with E-state index in [4.69, 9.17) is 0 Å². The SMILES string of the molecule is O=C(N[C@@H](CO)C1CCC1)c1cnn2cccc(Br)c12. The Bertz CT molecular complexity index is 636. The summed E-state index contributed by atoms with van der Waals surface area (Å²) in [5.74, 6) is 0.215. The molecule has 0 radical (unpaired) electrons. The molecule has 2 N–H and O–H groups in total. The Kier molecular flexibility index (Phi) is 3.76. The van der Waals surface area contributed by atoms with Crippen LogP contribution in [0.1, 0.15) is 29.6 Å². The van der Waals surface area contributed by atoms with Crippen molar-refractivity contribution < 1.29 is 9.90 Å². The van der Waals surface area contributed by atoms with Gasteiger partial charge in [-0.1, -0.05) is 6.42 Å². The molecule has 0 aromatic carbocycles. The van der Waals surface area contributed by atoms with Crippen LogP contribution in [0.4, 0.5) is 0 Å². The van der Waals surface area contributed by atoms with E-state index in [0.29, 0.717) is 11.5 Å². The summed E-state index contributed by atoms with van der Waals surface area (Å²) in [4.78, 5) is 12.4. The van der Waals surface area contributed by atoms with E-state index in [0.717, 1.165) is 22.8 Å². The van der Waals surface area contributed by atoms with Crippen molar-refractivity contribution in [2.45, 2.75) is 25.3 Å². The van der Waals surface area contributed by atoms with Crippen LogP contribution in [-0.4, -0.2) is 33.3 Å². The lowest BCUT2D eigenvalue weighted by atomic mass is 9.80. The van der Waals surface area contributed by atoms with E-state index in [-0.39, 0.29) is 18.6 Å². The molecule has 5 nitrogen and oxygen atoms in total. The van der Waals surface area contributed by atoms with E-state index < -0.39 is 0 Å². The van der Waals surface area contributed by atoms with Gasteiger partial charge >= 0.3 is 0 Å². The molecule has 3 rings (SSSR count). The first-order valence-electron chi connectivity index (χ1n) is 6.74. The second-order valence-electron chi connectivity index (χ2n) is 5.16. The lowest BCUT2D eigenvalue weighted by Gasteiger charge is -2.33. The van der Waals surface area contributed by atoms with E-state index >= 15 is 0 Å². The zero-order chi connectivity index (χ0) is 14.1. The minimum atomic E-state index is -0.183. The Morgan fingerprint density at radius 1 is 1.60 bits per heavy atom. The number of halogens is 1. The third-order valence-electron chi connectivity index (χ3n) is 3.97. The van der Waals surface area contributed by atoms with E-state index in [1.165, 1.54) is 6.42 Å². The molecular formula is C14H16BrN3O2. The van der Waals surface area contributed by atoms with Gasteiger partial charge in [0.25, 0.3) is 5.91 Å². The van der Waals surface area contributed by atoms with Crippen molar-refractivity contribution in [1.82, 2.24) is 14.9 Å². The maximum Gasteiger partial charge on any atom is 0.255 e. The van der Waals surface area contributed by atoms with Crippen LogP contribution >= 0.6 is 15.9 Å². The zero-order valence-electron chi connectivity index (χ0n) is 10.9. The van der Waals surface area contributed by atoms with Gasteiger partial charge in [0.15, 0.2) is 0 Å². The zero-order valence-corrected chi connectivity index (χ0v) is 12.5. The minimum Gasteiger partial charge on any atom is -0.394 e.